The molecule has 0 aromatic heterocycles. The van der Waals surface area contributed by atoms with Crippen LogP contribution in [0.3, 0.4) is 0 Å². The number of benzene rings is 3. The highest BCUT2D eigenvalue weighted by atomic mass is 16.5. The summed E-state index contributed by atoms with van der Waals surface area (Å²) in [4.78, 5) is 37.8. The first kappa shape index (κ1) is 23.0. The zero-order valence-corrected chi connectivity index (χ0v) is 19.0. The van der Waals surface area contributed by atoms with Gasteiger partial charge in [-0.1, -0.05) is 60.7 Å². The van der Waals surface area contributed by atoms with Crippen molar-refractivity contribution in [2.45, 2.75) is 18.4 Å². The number of carbonyl (C=O) groups excluding carboxylic acids is 2. The molecule has 34 heavy (non-hydrogen) atoms. The Morgan fingerprint density at radius 2 is 1.47 bits per heavy atom. The third kappa shape index (κ3) is 4.78. The third-order valence-electron chi connectivity index (χ3n) is 5.98. The van der Waals surface area contributed by atoms with Crippen molar-refractivity contribution in [3.05, 3.63) is 95.1 Å². The molecule has 3 aromatic rings. The molecule has 0 heterocycles. The molecule has 0 aliphatic heterocycles. The number of alkyl carbamates (subject to hydrolysis) is 1. The predicted octanol–water partition coefficient (Wildman–Crippen LogP) is 3.92. The number of rotatable bonds is 7. The molecule has 0 bridgehead atoms. The van der Waals surface area contributed by atoms with E-state index >= 15 is 0 Å². The van der Waals surface area contributed by atoms with Gasteiger partial charge in [0.05, 0.1) is 0 Å². The first-order valence-corrected chi connectivity index (χ1v) is 11.0. The number of ether oxygens (including phenoxy) is 1. The smallest absolute Gasteiger partial charge is 0.407 e. The van der Waals surface area contributed by atoms with E-state index in [0.29, 0.717) is 11.1 Å². The van der Waals surface area contributed by atoms with E-state index in [4.69, 9.17) is 4.74 Å². The Balaban J connectivity index is 1.40. The van der Waals surface area contributed by atoms with Crippen LogP contribution in [-0.2, 0) is 16.0 Å². The predicted molar refractivity (Wildman–Crippen MR) is 128 cm³/mol. The Bertz CT molecular complexity index is 1170. The summed E-state index contributed by atoms with van der Waals surface area (Å²) in [7, 11) is 3.32. The zero-order valence-electron chi connectivity index (χ0n) is 19.0. The van der Waals surface area contributed by atoms with Gasteiger partial charge >= 0.3 is 12.1 Å². The van der Waals surface area contributed by atoms with E-state index in [-0.39, 0.29) is 24.9 Å². The average Bonchev–Trinajstić information content (AvgIpc) is 3.16. The van der Waals surface area contributed by atoms with Crippen molar-refractivity contribution in [3.63, 3.8) is 0 Å². The normalized spacial score (nSPS) is 12.9. The van der Waals surface area contributed by atoms with Crippen LogP contribution in [0.15, 0.2) is 72.8 Å². The number of carbonyl (C=O) groups is 3. The van der Waals surface area contributed by atoms with Crippen molar-refractivity contribution in [1.29, 1.82) is 0 Å². The molecule has 0 radical (unpaired) electrons. The van der Waals surface area contributed by atoms with Gasteiger partial charge in [-0.2, -0.15) is 0 Å². The summed E-state index contributed by atoms with van der Waals surface area (Å²) in [5.74, 6) is -1.41. The summed E-state index contributed by atoms with van der Waals surface area (Å²) < 4.78 is 5.47. The van der Waals surface area contributed by atoms with E-state index < -0.39 is 18.1 Å². The highest BCUT2D eigenvalue weighted by Gasteiger charge is 2.29. The molecule has 7 heteroatoms. The van der Waals surface area contributed by atoms with Crippen LogP contribution in [0, 0.1) is 0 Å². The fourth-order valence-electron chi connectivity index (χ4n) is 4.26. The van der Waals surface area contributed by atoms with Crippen LogP contribution in [0.25, 0.3) is 11.1 Å². The van der Waals surface area contributed by atoms with Crippen LogP contribution < -0.4 is 5.32 Å². The van der Waals surface area contributed by atoms with Gasteiger partial charge in [0.2, 0.25) is 0 Å². The molecular formula is C27H26N2O5. The van der Waals surface area contributed by atoms with Crippen LogP contribution >= 0.6 is 0 Å². The highest BCUT2D eigenvalue weighted by molar-refractivity contribution is 5.93. The van der Waals surface area contributed by atoms with Crippen LogP contribution in [0.1, 0.15) is 33.0 Å². The second kappa shape index (κ2) is 9.79. The number of hydrogen-bond acceptors (Lipinski definition) is 4. The van der Waals surface area contributed by atoms with Gasteiger partial charge in [0.15, 0.2) is 0 Å². The molecule has 174 valence electrons. The summed E-state index contributed by atoms with van der Waals surface area (Å²) in [5, 5.41) is 12.1. The first-order valence-electron chi connectivity index (χ1n) is 11.0. The molecule has 4 rings (SSSR count). The lowest BCUT2D eigenvalue weighted by atomic mass is 9.98. The summed E-state index contributed by atoms with van der Waals surface area (Å²) >= 11 is 0. The molecule has 3 aromatic carbocycles. The molecule has 0 fully saturated rings. The lowest BCUT2D eigenvalue weighted by Gasteiger charge is -2.18. The van der Waals surface area contributed by atoms with Crippen molar-refractivity contribution in [2.75, 3.05) is 20.7 Å². The molecular weight excluding hydrogens is 432 g/mol. The van der Waals surface area contributed by atoms with Crippen molar-refractivity contribution >= 4 is 18.0 Å². The van der Waals surface area contributed by atoms with Gasteiger partial charge in [0.25, 0.3) is 5.91 Å². The minimum absolute atomic E-state index is 0.0654. The molecule has 0 unspecified atom stereocenters. The zero-order chi connectivity index (χ0) is 24.2. The number of carboxylic acid groups (broad SMARTS) is 1. The van der Waals surface area contributed by atoms with E-state index in [1.54, 1.807) is 38.4 Å². The Labute approximate surface area is 198 Å². The molecule has 1 atom stereocenters. The van der Waals surface area contributed by atoms with Crippen LogP contribution in [-0.4, -0.2) is 54.7 Å². The second-order valence-corrected chi connectivity index (χ2v) is 8.46. The van der Waals surface area contributed by atoms with E-state index in [1.807, 2.05) is 48.5 Å². The van der Waals surface area contributed by atoms with Crippen LogP contribution in [0.2, 0.25) is 0 Å². The van der Waals surface area contributed by atoms with E-state index in [1.165, 1.54) is 4.90 Å². The molecule has 1 aliphatic rings. The minimum Gasteiger partial charge on any atom is -0.480 e. The van der Waals surface area contributed by atoms with E-state index in [9.17, 15) is 19.5 Å². The van der Waals surface area contributed by atoms with Gasteiger partial charge in [0.1, 0.15) is 12.6 Å². The lowest BCUT2D eigenvalue weighted by molar-refractivity contribution is -0.139. The van der Waals surface area contributed by atoms with E-state index in [0.717, 1.165) is 22.3 Å². The van der Waals surface area contributed by atoms with Crippen molar-refractivity contribution in [2.24, 2.45) is 0 Å². The van der Waals surface area contributed by atoms with Gasteiger partial charge in [-0.15, -0.1) is 0 Å². The van der Waals surface area contributed by atoms with Crippen molar-refractivity contribution in [3.8, 4) is 11.1 Å². The third-order valence-corrected chi connectivity index (χ3v) is 5.98. The number of hydrogen-bond donors (Lipinski definition) is 2. The number of nitrogens with zero attached hydrogens (tertiary/aromatic N) is 1. The largest absolute Gasteiger partial charge is 0.480 e. The maximum atomic E-state index is 12.5. The minimum atomic E-state index is -1.16. The fraction of sp³-hybridized carbons (Fsp3) is 0.222. The number of carboxylic acids is 1. The SMILES string of the molecule is CN(C)C(=O)c1ccc(C[C@H](NC(=O)OCC2c3ccccc3-c3ccccc32)C(=O)O)cc1. The number of fused-ring (bicyclic) bond motifs is 3. The van der Waals surface area contributed by atoms with Gasteiger partial charge in [-0.3, -0.25) is 4.79 Å². The standard InChI is InChI=1S/C27H26N2O5/c1-29(2)25(30)18-13-11-17(12-14-18)15-24(26(31)32)28-27(33)34-16-23-21-9-5-3-7-19(21)20-8-4-6-10-22(20)23/h3-14,23-24H,15-16H2,1-2H3,(H,28,33)(H,31,32)/t24-/m0/s1. The Morgan fingerprint density at radius 1 is 0.912 bits per heavy atom. The first-order chi connectivity index (χ1) is 16.3. The molecule has 2 N–H and O–H groups in total. The molecule has 0 spiro atoms. The molecule has 0 saturated carbocycles. The Hall–Kier alpha value is -4.13. The Morgan fingerprint density at radius 3 is 2.00 bits per heavy atom. The fourth-order valence-corrected chi connectivity index (χ4v) is 4.26. The summed E-state index contributed by atoms with van der Waals surface area (Å²) in [6.07, 6.45) is -0.718. The number of nitrogens with one attached hydrogen (secondary N) is 1. The van der Waals surface area contributed by atoms with Crippen LogP contribution in [0.4, 0.5) is 4.79 Å². The van der Waals surface area contributed by atoms with Crippen molar-refractivity contribution in [1.82, 2.24) is 10.2 Å². The van der Waals surface area contributed by atoms with Gasteiger partial charge in [0, 0.05) is 32.0 Å². The summed E-state index contributed by atoms with van der Waals surface area (Å²) in [6, 6.07) is 21.5. The van der Waals surface area contributed by atoms with Gasteiger partial charge in [-0.05, 0) is 39.9 Å². The maximum absolute atomic E-state index is 12.5. The summed E-state index contributed by atoms with van der Waals surface area (Å²) in [6.45, 7) is 0.105. The second-order valence-electron chi connectivity index (χ2n) is 8.46. The van der Waals surface area contributed by atoms with Crippen LogP contribution in [0.5, 0.6) is 0 Å². The topological polar surface area (TPSA) is 95.9 Å². The summed E-state index contributed by atoms with van der Waals surface area (Å²) in [5.41, 5.74) is 5.59. The maximum Gasteiger partial charge on any atom is 0.407 e. The van der Waals surface area contributed by atoms with Gasteiger partial charge < -0.3 is 20.1 Å². The lowest BCUT2D eigenvalue weighted by Crippen LogP contribution is -2.42. The molecule has 0 saturated heterocycles. The highest BCUT2D eigenvalue weighted by Crippen LogP contribution is 2.44. The quantitative estimate of drug-likeness (QED) is 0.560. The monoisotopic (exact) mass is 458 g/mol. The van der Waals surface area contributed by atoms with Gasteiger partial charge in [-0.25, -0.2) is 9.59 Å². The number of amides is 2. The number of aliphatic carboxylic acids is 1. The Kier molecular flexibility index (Phi) is 6.63. The molecule has 1 aliphatic carbocycles. The molecule has 7 nitrogen and oxygen atoms in total. The average molecular weight is 459 g/mol. The van der Waals surface area contributed by atoms with Crippen molar-refractivity contribution < 1.29 is 24.2 Å². The van der Waals surface area contributed by atoms with E-state index in [2.05, 4.69) is 5.32 Å². The molecule has 2 amide bonds.